The third-order valence-corrected chi connectivity index (χ3v) is 5.50. The third kappa shape index (κ3) is 5.12. The lowest BCUT2D eigenvalue weighted by atomic mass is 9.95. The van der Waals surface area contributed by atoms with Crippen LogP contribution in [0.2, 0.25) is 0 Å². The van der Waals surface area contributed by atoms with Gasteiger partial charge in [-0.1, -0.05) is 30.3 Å². The Morgan fingerprint density at radius 3 is 2.40 bits per heavy atom. The molecule has 0 bridgehead atoms. The summed E-state index contributed by atoms with van der Waals surface area (Å²) in [5.74, 6) is 1.75. The summed E-state index contributed by atoms with van der Waals surface area (Å²) >= 11 is 0. The maximum absolute atomic E-state index is 12.0. The second-order valence-corrected chi connectivity index (χ2v) is 7.93. The average molecular weight is 409 g/mol. The van der Waals surface area contributed by atoms with Crippen molar-refractivity contribution in [3.63, 3.8) is 0 Å². The number of hydrogen-bond acceptors (Lipinski definition) is 3. The molecule has 2 N–H and O–H groups in total. The average Bonchev–Trinajstić information content (AvgIpc) is 3.56. The molecule has 1 amide bonds. The minimum Gasteiger partial charge on any atom is -0.496 e. The molecular formula is C24H32N4O2. The monoisotopic (exact) mass is 408 g/mol. The van der Waals surface area contributed by atoms with Crippen LogP contribution in [0, 0.1) is 0 Å². The summed E-state index contributed by atoms with van der Waals surface area (Å²) in [6.07, 6.45) is 2.28. The smallest absolute Gasteiger partial charge is 0.253 e. The summed E-state index contributed by atoms with van der Waals surface area (Å²) in [5, 5.41) is 6.84. The lowest BCUT2D eigenvalue weighted by Gasteiger charge is -2.21. The van der Waals surface area contributed by atoms with E-state index in [0.29, 0.717) is 12.1 Å². The van der Waals surface area contributed by atoms with E-state index in [4.69, 9.17) is 9.73 Å². The van der Waals surface area contributed by atoms with Crippen LogP contribution in [0.4, 0.5) is 0 Å². The Bertz CT molecular complexity index is 886. The summed E-state index contributed by atoms with van der Waals surface area (Å²) in [6, 6.07) is 15.9. The summed E-state index contributed by atoms with van der Waals surface area (Å²) < 4.78 is 5.57. The molecule has 160 valence electrons. The Morgan fingerprint density at radius 1 is 1.10 bits per heavy atom. The standard InChI is InChI=1S/C24H32N4O2/c1-5-25-23(26-16-18-10-12-19(13-11-18)22(29)28(2)3)27-17-24(14-15-24)20-8-6-7-9-21(20)30-4/h6-13H,5,14-17H2,1-4H3,(H2,25,26,27). The SMILES string of the molecule is CCNC(=NCc1ccc(C(=O)N(C)C)cc1)NCC1(c2ccccc2OC)CC1. The number of hydrogen-bond donors (Lipinski definition) is 2. The number of nitrogens with zero attached hydrogens (tertiary/aromatic N) is 2. The Morgan fingerprint density at radius 2 is 1.80 bits per heavy atom. The fourth-order valence-electron chi connectivity index (χ4n) is 3.55. The fraction of sp³-hybridized carbons (Fsp3) is 0.417. The van der Waals surface area contributed by atoms with Crippen LogP contribution in [0.25, 0.3) is 0 Å². The molecule has 0 heterocycles. The van der Waals surface area contributed by atoms with Gasteiger partial charge in [0.1, 0.15) is 5.75 Å². The minimum absolute atomic E-state index is 0.00567. The van der Waals surface area contributed by atoms with Crippen molar-refractivity contribution in [3.8, 4) is 5.75 Å². The molecule has 0 saturated heterocycles. The highest BCUT2D eigenvalue weighted by Crippen LogP contribution is 2.50. The van der Waals surface area contributed by atoms with Crippen molar-refractivity contribution in [1.82, 2.24) is 15.5 Å². The lowest BCUT2D eigenvalue weighted by molar-refractivity contribution is 0.0827. The molecule has 6 heteroatoms. The van der Waals surface area contributed by atoms with Crippen molar-refractivity contribution in [3.05, 3.63) is 65.2 Å². The van der Waals surface area contributed by atoms with Gasteiger partial charge in [0.25, 0.3) is 5.91 Å². The topological polar surface area (TPSA) is 66.0 Å². The van der Waals surface area contributed by atoms with E-state index in [1.54, 1.807) is 26.1 Å². The number of amides is 1. The van der Waals surface area contributed by atoms with E-state index in [1.807, 2.05) is 36.4 Å². The molecule has 0 aromatic heterocycles. The van der Waals surface area contributed by atoms with Gasteiger partial charge < -0.3 is 20.3 Å². The van der Waals surface area contributed by atoms with Crippen LogP contribution in [-0.2, 0) is 12.0 Å². The molecule has 1 aliphatic carbocycles. The molecule has 2 aromatic rings. The molecule has 0 aliphatic heterocycles. The third-order valence-electron chi connectivity index (χ3n) is 5.50. The van der Waals surface area contributed by atoms with Crippen molar-refractivity contribution in [2.24, 2.45) is 4.99 Å². The van der Waals surface area contributed by atoms with Gasteiger partial charge in [-0.2, -0.15) is 0 Å². The highest BCUT2D eigenvalue weighted by Gasteiger charge is 2.46. The van der Waals surface area contributed by atoms with Gasteiger partial charge in [0.15, 0.2) is 5.96 Å². The van der Waals surface area contributed by atoms with Crippen LogP contribution >= 0.6 is 0 Å². The van der Waals surface area contributed by atoms with Crippen LogP contribution in [0.1, 0.15) is 41.3 Å². The number of carbonyl (C=O) groups excluding carboxylic acids is 1. The Hall–Kier alpha value is -3.02. The van der Waals surface area contributed by atoms with E-state index in [2.05, 4.69) is 29.7 Å². The number of nitrogens with one attached hydrogen (secondary N) is 2. The van der Waals surface area contributed by atoms with Gasteiger partial charge in [-0.05, 0) is 43.5 Å². The zero-order valence-corrected chi connectivity index (χ0v) is 18.4. The molecule has 6 nitrogen and oxygen atoms in total. The molecule has 0 unspecified atom stereocenters. The van der Waals surface area contributed by atoms with Gasteiger partial charge in [-0.25, -0.2) is 4.99 Å². The molecule has 0 spiro atoms. The summed E-state index contributed by atoms with van der Waals surface area (Å²) in [4.78, 5) is 18.3. The first-order valence-corrected chi connectivity index (χ1v) is 10.5. The van der Waals surface area contributed by atoms with Gasteiger partial charge in [0, 0.05) is 43.7 Å². The fourth-order valence-corrected chi connectivity index (χ4v) is 3.55. The number of rotatable bonds is 8. The van der Waals surface area contributed by atoms with E-state index < -0.39 is 0 Å². The van der Waals surface area contributed by atoms with Crippen LogP contribution in [0.15, 0.2) is 53.5 Å². The molecule has 3 rings (SSSR count). The number of methoxy groups -OCH3 is 1. The number of guanidine groups is 1. The lowest BCUT2D eigenvalue weighted by Crippen LogP contribution is -2.41. The molecule has 1 saturated carbocycles. The molecule has 0 atom stereocenters. The Labute approximate surface area is 179 Å². The second-order valence-electron chi connectivity index (χ2n) is 7.93. The first-order valence-electron chi connectivity index (χ1n) is 10.5. The Kier molecular flexibility index (Phi) is 6.98. The van der Waals surface area contributed by atoms with E-state index in [0.717, 1.165) is 43.2 Å². The highest BCUT2D eigenvalue weighted by atomic mass is 16.5. The second kappa shape index (κ2) is 9.65. The van der Waals surface area contributed by atoms with Crippen molar-refractivity contribution in [1.29, 1.82) is 0 Å². The van der Waals surface area contributed by atoms with E-state index >= 15 is 0 Å². The summed E-state index contributed by atoms with van der Waals surface area (Å²) in [5.41, 5.74) is 3.12. The van der Waals surface area contributed by atoms with Crippen LogP contribution < -0.4 is 15.4 Å². The Balaban J connectivity index is 1.64. The van der Waals surface area contributed by atoms with E-state index in [-0.39, 0.29) is 11.3 Å². The predicted octanol–water partition coefficient (Wildman–Crippen LogP) is 3.18. The van der Waals surface area contributed by atoms with Gasteiger partial charge in [0.2, 0.25) is 0 Å². The first-order chi connectivity index (χ1) is 14.5. The molecular weight excluding hydrogens is 376 g/mol. The summed E-state index contributed by atoms with van der Waals surface area (Å²) in [7, 11) is 5.24. The number of ether oxygens (including phenoxy) is 1. The van der Waals surface area contributed by atoms with Gasteiger partial charge in [-0.15, -0.1) is 0 Å². The van der Waals surface area contributed by atoms with E-state index in [9.17, 15) is 4.79 Å². The molecule has 2 aromatic carbocycles. The maximum atomic E-state index is 12.0. The highest BCUT2D eigenvalue weighted by molar-refractivity contribution is 5.93. The molecule has 0 radical (unpaired) electrons. The van der Waals surface area contributed by atoms with Gasteiger partial charge in [-0.3, -0.25) is 4.79 Å². The largest absolute Gasteiger partial charge is 0.496 e. The molecule has 30 heavy (non-hydrogen) atoms. The molecule has 1 fully saturated rings. The number of aliphatic imine (C=N–C) groups is 1. The number of carbonyl (C=O) groups is 1. The predicted molar refractivity (Wildman–Crippen MR) is 121 cm³/mol. The van der Waals surface area contributed by atoms with Crippen molar-refractivity contribution >= 4 is 11.9 Å². The summed E-state index contributed by atoms with van der Waals surface area (Å²) in [6.45, 7) is 4.22. The van der Waals surface area contributed by atoms with Crippen molar-refractivity contribution < 1.29 is 9.53 Å². The maximum Gasteiger partial charge on any atom is 0.253 e. The van der Waals surface area contributed by atoms with Crippen molar-refractivity contribution in [2.45, 2.75) is 31.7 Å². The quantitative estimate of drug-likeness (QED) is 0.520. The zero-order valence-electron chi connectivity index (χ0n) is 18.4. The first kappa shape index (κ1) is 21.7. The van der Waals surface area contributed by atoms with E-state index in [1.165, 1.54) is 5.56 Å². The molecule has 1 aliphatic rings. The van der Waals surface area contributed by atoms with Crippen LogP contribution in [0.3, 0.4) is 0 Å². The van der Waals surface area contributed by atoms with Gasteiger partial charge >= 0.3 is 0 Å². The number of benzene rings is 2. The van der Waals surface area contributed by atoms with Crippen LogP contribution in [-0.4, -0.2) is 51.1 Å². The zero-order chi connectivity index (χ0) is 21.6. The van der Waals surface area contributed by atoms with Crippen molar-refractivity contribution in [2.75, 3.05) is 34.3 Å². The van der Waals surface area contributed by atoms with Crippen LogP contribution in [0.5, 0.6) is 5.75 Å². The normalized spacial score (nSPS) is 14.7. The minimum atomic E-state index is 0.00567. The van der Waals surface area contributed by atoms with Gasteiger partial charge in [0.05, 0.1) is 13.7 Å². The number of para-hydroxylation sites is 1.